The van der Waals surface area contributed by atoms with Crippen LogP contribution < -0.4 is 10.1 Å². The molecule has 0 radical (unpaired) electrons. The van der Waals surface area contributed by atoms with Crippen LogP contribution in [-0.2, 0) is 0 Å². The highest BCUT2D eigenvalue weighted by Gasteiger charge is 2.07. The highest BCUT2D eigenvalue weighted by atomic mass is 35.5. The molecule has 3 aromatic rings. The molecule has 1 heterocycles. The number of hydrogen-bond acceptors (Lipinski definition) is 4. The smallest absolute Gasteiger partial charge is 0.188 e. The first-order chi connectivity index (χ1) is 9.65. The zero-order chi connectivity index (χ0) is 14.1. The fourth-order valence-electron chi connectivity index (χ4n) is 1.92. The van der Waals surface area contributed by atoms with E-state index in [0.717, 1.165) is 32.3 Å². The Balaban J connectivity index is 1.94. The molecule has 0 amide bonds. The third kappa shape index (κ3) is 2.57. The van der Waals surface area contributed by atoms with Crippen LogP contribution in [0.3, 0.4) is 0 Å². The summed E-state index contributed by atoms with van der Waals surface area (Å²) in [4.78, 5) is 4.54. The van der Waals surface area contributed by atoms with Gasteiger partial charge in [0.15, 0.2) is 5.13 Å². The van der Waals surface area contributed by atoms with Gasteiger partial charge in [-0.3, -0.25) is 0 Å². The minimum Gasteiger partial charge on any atom is -0.497 e. The van der Waals surface area contributed by atoms with Crippen molar-refractivity contribution in [2.45, 2.75) is 6.92 Å². The van der Waals surface area contributed by atoms with Gasteiger partial charge in [0.05, 0.1) is 28.0 Å². The molecule has 0 aliphatic heterocycles. The van der Waals surface area contributed by atoms with Gasteiger partial charge in [-0.1, -0.05) is 29.0 Å². The monoisotopic (exact) mass is 304 g/mol. The average molecular weight is 305 g/mol. The van der Waals surface area contributed by atoms with Crippen LogP contribution in [0.25, 0.3) is 10.2 Å². The number of methoxy groups -OCH3 is 1. The lowest BCUT2D eigenvalue weighted by atomic mass is 10.2. The van der Waals surface area contributed by atoms with E-state index in [2.05, 4.69) is 10.3 Å². The minimum atomic E-state index is 0.696. The first kappa shape index (κ1) is 13.2. The van der Waals surface area contributed by atoms with Crippen molar-refractivity contribution in [3.8, 4) is 5.75 Å². The predicted molar refractivity (Wildman–Crippen MR) is 85.6 cm³/mol. The van der Waals surface area contributed by atoms with E-state index in [1.807, 2.05) is 43.3 Å². The van der Waals surface area contributed by atoms with Gasteiger partial charge >= 0.3 is 0 Å². The fourth-order valence-corrected chi connectivity index (χ4v) is 3.11. The molecule has 3 nitrogen and oxygen atoms in total. The summed E-state index contributed by atoms with van der Waals surface area (Å²) in [6, 6.07) is 11.8. The standard InChI is InChI=1S/C15H13ClN2OS/c1-9-3-5-12(11(16)7-9)17-15-18-13-6-4-10(19-2)8-14(13)20-15/h3-8H,1-2H3,(H,17,18). The SMILES string of the molecule is COc1ccc2nc(Nc3ccc(C)cc3Cl)sc2c1. The van der Waals surface area contributed by atoms with E-state index in [9.17, 15) is 0 Å². The van der Waals surface area contributed by atoms with Gasteiger partial charge in [-0.2, -0.15) is 0 Å². The molecule has 0 bridgehead atoms. The van der Waals surface area contributed by atoms with E-state index in [1.54, 1.807) is 18.4 Å². The maximum Gasteiger partial charge on any atom is 0.188 e. The third-order valence-electron chi connectivity index (χ3n) is 2.96. The van der Waals surface area contributed by atoms with Crippen molar-refractivity contribution in [1.29, 1.82) is 0 Å². The lowest BCUT2D eigenvalue weighted by molar-refractivity contribution is 0.415. The first-order valence-electron chi connectivity index (χ1n) is 6.13. The average Bonchev–Trinajstić information content (AvgIpc) is 2.83. The second-order valence-corrected chi connectivity index (χ2v) is 5.90. The Morgan fingerprint density at radius 2 is 2.05 bits per heavy atom. The molecule has 0 aliphatic carbocycles. The van der Waals surface area contributed by atoms with Crippen molar-refractivity contribution in [2.24, 2.45) is 0 Å². The number of thiazole rings is 1. The van der Waals surface area contributed by atoms with E-state index in [-0.39, 0.29) is 0 Å². The molecule has 0 fully saturated rings. The van der Waals surface area contributed by atoms with Gasteiger partial charge in [0.25, 0.3) is 0 Å². The Kier molecular flexibility index (Phi) is 3.51. The van der Waals surface area contributed by atoms with Crippen molar-refractivity contribution in [1.82, 2.24) is 4.98 Å². The number of nitrogens with one attached hydrogen (secondary N) is 1. The number of aromatic nitrogens is 1. The Labute approximate surface area is 126 Å². The molecule has 1 aromatic heterocycles. The maximum atomic E-state index is 6.22. The number of nitrogens with zero attached hydrogens (tertiary/aromatic N) is 1. The molecule has 5 heteroatoms. The minimum absolute atomic E-state index is 0.696. The molecular formula is C15H13ClN2OS. The van der Waals surface area contributed by atoms with E-state index in [4.69, 9.17) is 16.3 Å². The van der Waals surface area contributed by atoms with Crippen LogP contribution in [0.4, 0.5) is 10.8 Å². The third-order valence-corrected chi connectivity index (χ3v) is 4.21. The predicted octanol–water partition coefficient (Wildman–Crippen LogP) is 5.01. The van der Waals surface area contributed by atoms with Gasteiger partial charge in [0.2, 0.25) is 0 Å². The Bertz CT molecular complexity index is 770. The van der Waals surface area contributed by atoms with Crippen LogP contribution in [0, 0.1) is 6.92 Å². The van der Waals surface area contributed by atoms with Crippen LogP contribution >= 0.6 is 22.9 Å². The van der Waals surface area contributed by atoms with E-state index >= 15 is 0 Å². The number of aryl methyl sites for hydroxylation is 1. The summed E-state index contributed by atoms with van der Waals surface area (Å²) in [5, 5.41) is 4.78. The molecule has 3 rings (SSSR count). The Morgan fingerprint density at radius 1 is 1.20 bits per heavy atom. The van der Waals surface area contributed by atoms with Crippen molar-refractivity contribution < 1.29 is 4.74 Å². The van der Waals surface area contributed by atoms with Crippen molar-refractivity contribution in [2.75, 3.05) is 12.4 Å². The lowest BCUT2D eigenvalue weighted by Gasteiger charge is -2.05. The molecule has 102 valence electrons. The van der Waals surface area contributed by atoms with E-state index in [0.29, 0.717) is 5.02 Å². The molecule has 0 saturated heterocycles. The van der Waals surface area contributed by atoms with Gasteiger partial charge in [0, 0.05) is 0 Å². The molecule has 2 aromatic carbocycles. The van der Waals surface area contributed by atoms with Gasteiger partial charge in [-0.25, -0.2) is 4.98 Å². The first-order valence-corrected chi connectivity index (χ1v) is 7.33. The van der Waals surface area contributed by atoms with Gasteiger partial charge in [-0.05, 0) is 42.8 Å². The van der Waals surface area contributed by atoms with Crippen LogP contribution in [0.2, 0.25) is 5.02 Å². The summed E-state index contributed by atoms with van der Waals surface area (Å²) in [5.41, 5.74) is 2.94. The van der Waals surface area contributed by atoms with Gasteiger partial charge < -0.3 is 10.1 Å². The van der Waals surface area contributed by atoms with E-state index < -0.39 is 0 Å². The van der Waals surface area contributed by atoms with Crippen molar-refractivity contribution >= 4 is 44.0 Å². The second kappa shape index (κ2) is 5.31. The molecule has 0 atom stereocenters. The zero-order valence-corrected chi connectivity index (χ0v) is 12.7. The number of fused-ring (bicyclic) bond motifs is 1. The molecule has 1 N–H and O–H groups in total. The molecule has 0 saturated carbocycles. The summed E-state index contributed by atoms with van der Waals surface area (Å²) in [6.07, 6.45) is 0. The molecule has 0 aliphatic rings. The summed E-state index contributed by atoms with van der Waals surface area (Å²) < 4.78 is 6.30. The summed E-state index contributed by atoms with van der Waals surface area (Å²) in [5.74, 6) is 0.834. The number of hydrogen-bond donors (Lipinski definition) is 1. The summed E-state index contributed by atoms with van der Waals surface area (Å²) in [7, 11) is 1.66. The van der Waals surface area contributed by atoms with E-state index in [1.165, 1.54) is 0 Å². The topological polar surface area (TPSA) is 34.1 Å². The highest BCUT2D eigenvalue weighted by molar-refractivity contribution is 7.22. The Hall–Kier alpha value is -1.78. The van der Waals surface area contributed by atoms with Crippen LogP contribution in [-0.4, -0.2) is 12.1 Å². The Morgan fingerprint density at radius 3 is 2.80 bits per heavy atom. The largest absolute Gasteiger partial charge is 0.497 e. The second-order valence-electron chi connectivity index (χ2n) is 4.46. The summed E-state index contributed by atoms with van der Waals surface area (Å²) in [6.45, 7) is 2.01. The van der Waals surface area contributed by atoms with Crippen LogP contribution in [0.5, 0.6) is 5.75 Å². The fraction of sp³-hybridized carbons (Fsp3) is 0.133. The van der Waals surface area contributed by atoms with Crippen molar-refractivity contribution in [3.05, 3.63) is 47.0 Å². The number of rotatable bonds is 3. The number of anilines is 2. The number of ether oxygens (including phenoxy) is 1. The zero-order valence-electron chi connectivity index (χ0n) is 11.1. The summed E-state index contributed by atoms with van der Waals surface area (Å²) >= 11 is 7.79. The normalized spacial score (nSPS) is 10.8. The molecule has 0 spiro atoms. The molecular weight excluding hydrogens is 292 g/mol. The number of halogens is 1. The quantitative estimate of drug-likeness (QED) is 0.738. The van der Waals surface area contributed by atoms with Gasteiger partial charge in [-0.15, -0.1) is 0 Å². The van der Waals surface area contributed by atoms with Crippen molar-refractivity contribution in [3.63, 3.8) is 0 Å². The highest BCUT2D eigenvalue weighted by Crippen LogP contribution is 2.33. The lowest BCUT2D eigenvalue weighted by Crippen LogP contribution is -1.90. The van der Waals surface area contributed by atoms with Crippen LogP contribution in [0.1, 0.15) is 5.56 Å². The molecule has 20 heavy (non-hydrogen) atoms. The number of benzene rings is 2. The maximum absolute atomic E-state index is 6.22. The van der Waals surface area contributed by atoms with Gasteiger partial charge in [0.1, 0.15) is 5.75 Å². The van der Waals surface area contributed by atoms with Crippen LogP contribution in [0.15, 0.2) is 36.4 Å². The molecule has 0 unspecified atom stereocenters.